The van der Waals surface area contributed by atoms with Gasteiger partial charge < -0.3 is 15.2 Å². The molecule has 0 aromatic heterocycles. The van der Waals surface area contributed by atoms with Crippen molar-refractivity contribution < 1.29 is 14.6 Å². The second-order valence-corrected chi connectivity index (χ2v) is 4.19. The molecule has 0 aliphatic carbocycles. The number of hydrogen-bond acceptors (Lipinski definition) is 3. The molecule has 2 N–H and O–H groups in total. The molecular weight excluding hydrogens is 230 g/mol. The van der Waals surface area contributed by atoms with Gasteiger partial charge in [-0.25, -0.2) is 0 Å². The van der Waals surface area contributed by atoms with Crippen LogP contribution in [0.1, 0.15) is 24.8 Å². The minimum atomic E-state index is -0.0138. The molecule has 0 atom stereocenters. The minimum Gasteiger partial charge on any atom is -0.493 e. The summed E-state index contributed by atoms with van der Waals surface area (Å²) < 4.78 is 5.46. The number of rotatable bonds is 8. The average Bonchev–Trinajstić information content (AvgIpc) is 2.37. The van der Waals surface area contributed by atoms with Gasteiger partial charge in [-0.1, -0.05) is 17.7 Å². The Morgan fingerprint density at radius 3 is 2.67 bits per heavy atom. The largest absolute Gasteiger partial charge is 0.493 e. The molecule has 0 saturated carbocycles. The highest BCUT2D eigenvalue weighted by molar-refractivity contribution is 5.75. The summed E-state index contributed by atoms with van der Waals surface area (Å²) in [6, 6.07) is 7.75. The van der Waals surface area contributed by atoms with Crippen LogP contribution in [0, 0.1) is 6.92 Å². The summed E-state index contributed by atoms with van der Waals surface area (Å²) in [5.41, 5.74) is 1.18. The van der Waals surface area contributed by atoms with Gasteiger partial charge >= 0.3 is 0 Å². The zero-order valence-corrected chi connectivity index (χ0v) is 10.8. The van der Waals surface area contributed by atoms with Crippen molar-refractivity contribution in [2.24, 2.45) is 0 Å². The number of benzene rings is 1. The van der Waals surface area contributed by atoms with Crippen molar-refractivity contribution in [3.05, 3.63) is 29.8 Å². The monoisotopic (exact) mass is 251 g/mol. The van der Waals surface area contributed by atoms with Gasteiger partial charge in [0, 0.05) is 13.2 Å². The lowest BCUT2D eigenvalue weighted by atomic mass is 10.2. The van der Waals surface area contributed by atoms with Gasteiger partial charge in [-0.05, 0) is 31.9 Å². The number of aryl methyl sites for hydroxylation is 1. The molecule has 0 aliphatic rings. The van der Waals surface area contributed by atoms with Gasteiger partial charge in [0.15, 0.2) is 0 Å². The molecule has 4 heteroatoms. The van der Waals surface area contributed by atoms with Crippen molar-refractivity contribution >= 4 is 5.91 Å². The van der Waals surface area contributed by atoms with E-state index in [-0.39, 0.29) is 12.5 Å². The number of aliphatic hydroxyl groups excluding tert-OH is 1. The van der Waals surface area contributed by atoms with Gasteiger partial charge in [0.1, 0.15) is 5.75 Å². The highest BCUT2D eigenvalue weighted by Gasteiger charge is 2.01. The number of ether oxygens (including phenoxy) is 1. The van der Waals surface area contributed by atoms with Crippen LogP contribution >= 0.6 is 0 Å². The first-order chi connectivity index (χ1) is 8.72. The first-order valence-corrected chi connectivity index (χ1v) is 6.29. The van der Waals surface area contributed by atoms with Gasteiger partial charge in [-0.2, -0.15) is 0 Å². The summed E-state index contributed by atoms with van der Waals surface area (Å²) in [5, 5.41) is 11.4. The van der Waals surface area contributed by atoms with Crippen molar-refractivity contribution in [2.45, 2.75) is 26.2 Å². The van der Waals surface area contributed by atoms with Crippen molar-refractivity contribution in [3.8, 4) is 5.75 Å². The van der Waals surface area contributed by atoms with E-state index in [0.29, 0.717) is 19.6 Å². The molecule has 0 fully saturated rings. The number of carbonyl (C=O) groups is 1. The van der Waals surface area contributed by atoms with Gasteiger partial charge in [0.25, 0.3) is 0 Å². The van der Waals surface area contributed by atoms with E-state index in [1.54, 1.807) is 0 Å². The van der Waals surface area contributed by atoms with E-state index in [4.69, 9.17) is 9.84 Å². The van der Waals surface area contributed by atoms with E-state index in [0.717, 1.165) is 18.6 Å². The lowest BCUT2D eigenvalue weighted by Gasteiger charge is -2.07. The maximum atomic E-state index is 11.4. The van der Waals surface area contributed by atoms with Gasteiger partial charge in [-0.3, -0.25) is 4.79 Å². The number of hydrogen-bond donors (Lipinski definition) is 2. The smallest absolute Gasteiger partial charge is 0.223 e. The summed E-state index contributed by atoms with van der Waals surface area (Å²) in [4.78, 5) is 11.4. The first-order valence-electron chi connectivity index (χ1n) is 6.29. The second-order valence-electron chi connectivity index (χ2n) is 4.19. The molecule has 4 nitrogen and oxygen atoms in total. The topological polar surface area (TPSA) is 58.6 Å². The zero-order valence-electron chi connectivity index (χ0n) is 10.8. The molecule has 0 saturated heterocycles. The lowest BCUT2D eigenvalue weighted by Crippen LogP contribution is -2.26. The predicted molar refractivity (Wildman–Crippen MR) is 70.6 cm³/mol. The molecule has 18 heavy (non-hydrogen) atoms. The Morgan fingerprint density at radius 1 is 1.28 bits per heavy atom. The Labute approximate surface area is 108 Å². The summed E-state index contributed by atoms with van der Waals surface area (Å²) in [5.74, 6) is 0.772. The van der Waals surface area contributed by atoms with Crippen LogP contribution in [0.15, 0.2) is 24.3 Å². The molecule has 1 aromatic rings. The van der Waals surface area contributed by atoms with Crippen LogP contribution in [0.25, 0.3) is 0 Å². The van der Waals surface area contributed by atoms with Crippen LogP contribution in [0.3, 0.4) is 0 Å². The first kappa shape index (κ1) is 14.5. The molecule has 1 aromatic carbocycles. The highest BCUT2D eigenvalue weighted by atomic mass is 16.5. The zero-order chi connectivity index (χ0) is 13.2. The quantitative estimate of drug-likeness (QED) is 0.691. The number of amides is 1. The molecule has 0 radical (unpaired) electrons. The maximum Gasteiger partial charge on any atom is 0.223 e. The van der Waals surface area contributed by atoms with E-state index >= 15 is 0 Å². The third-order valence-corrected chi connectivity index (χ3v) is 2.53. The highest BCUT2D eigenvalue weighted by Crippen LogP contribution is 2.11. The van der Waals surface area contributed by atoms with Crippen LogP contribution in [-0.2, 0) is 4.79 Å². The normalized spacial score (nSPS) is 10.1. The predicted octanol–water partition coefficient (Wildman–Crippen LogP) is 1.65. The Balaban J connectivity index is 2.10. The SMILES string of the molecule is Cc1ccc(OCCC(=O)NCCCCO)cc1. The molecule has 0 bridgehead atoms. The number of unbranched alkanes of at least 4 members (excludes halogenated alkanes) is 1. The van der Waals surface area contributed by atoms with Gasteiger partial charge in [0.05, 0.1) is 13.0 Å². The number of aliphatic hydroxyl groups is 1. The summed E-state index contributed by atoms with van der Waals surface area (Å²) in [6.45, 7) is 3.19. The molecule has 1 amide bonds. The van der Waals surface area contributed by atoms with Crippen LogP contribution < -0.4 is 10.1 Å². The van der Waals surface area contributed by atoms with E-state index in [9.17, 15) is 4.79 Å². The summed E-state index contributed by atoms with van der Waals surface area (Å²) in [6.07, 6.45) is 1.88. The van der Waals surface area contributed by atoms with Gasteiger partial charge in [-0.15, -0.1) is 0 Å². The van der Waals surface area contributed by atoms with E-state index in [1.165, 1.54) is 5.56 Å². The fourth-order valence-corrected chi connectivity index (χ4v) is 1.45. The Morgan fingerprint density at radius 2 is 2.00 bits per heavy atom. The Hall–Kier alpha value is -1.55. The fourth-order valence-electron chi connectivity index (χ4n) is 1.45. The van der Waals surface area contributed by atoms with Crippen LogP contribution in [0.4, 0.5) is 0 Å². The second kappa shape index (κ2) is 8.53. The lowest BCUT2D eigenvalue weighted by molar-refractivity contribution is -0.121. The molecule has 0 heterocycles. The van der Waals surface area contributed by atoms with Crippen LogP contribution in [-0.4, -0.2) is 30.8 Å². The number of nitrogens with one attached hydrogen (secondary N) is 1. The standard InChI is InChI=1S/C14H21NO3/c1-12-4-6-13(7-5-12)18-11-8-14(17)15-9-2-3-10-16/h4-7,16H,2-3,8-11H2,1H3,(H,15,17). The fraction of sp³-hybridized carbons (Fsp3) is 0.500. The molecule has 0 unspecified atom stereocenters. The molecular formula is C14H21NO3. The Bertz CT molecular complexity index is 349. The third-order valence-electron chi connectivity index (χ3n) is 2.53. The molecule has 1 rings (SSSR count). The van der Waals surface area contributed by atoms with E-state index in [1.807, 2.05) is 31.2 Å². The number of carbonyl (C=O) groups excluding carboxylic acids is 1. The van der Waals surface area contributed by atoms with E-state index in [2.05, 4.69) is 5.32 Å². The van der Waals surface area contributed by atoms with Gasteiger partial charge in [0.2, 0.25) is 5.91 Å². The molecule has 100 valence electrons. The minimum absolute atomic E-state index is 0.0138. The maximum absolute atomic E-state index is 11.4. The van der Waals surface area contributed by atoms with Crippen molar-refractivity contribution in [3.63, 3.8) is 0 Å². The van der Waals surface area contributed by atoms with Crippen molar-refractivity contribution in [2.75, 3.05) is 19.8 Å². The Kier molecular flexibility index (Phi) is 6.87. The van der Waals surface area contributed by atoms with Crippen LogP contribution in [0.5, 0.6) is 5.75 Å². The molecule has 0 spiro atoms. The van der Waals surface area contributed by atoms with Crippen molar-refractivity contribution in [1.29, 1.82) is 0 Å². The summed E-state index contributed by atoms with van der Waals surface area (Å²) >= 11 is 0. The average molecular weight is 251 g/mol. The van der Waals surface area contributed by atoms with Crippen LogP contribution in [0.2, 0.25) is 0 Å². The third kappa shape index (κ3) is 6.25. The van der Waals surface area contributed by atoms with E-state index < -0.39 is 0 Å². The molecule has 0 aliphatic heterocycles. The summed E-state index contributed by atoms with van der Waals surface area (Å²) in [7, 11) is 0. The van der Waals surface area contributed by atoms with Crippen molar-refractivity contribution in [1.82, 2.24) is 5.32 Å².